The topological polar surface area (TPSA) is 106 Å². The van der Waals surface area contributed by atoms with Gasteiger partial charge in [0.15, 0.2) is 0 Å². The van der Waals surface area contributed by atoms with Crippen LogP contribution in [0.5, 0.6) is 5.75 Å². The molecule has 2 amide bonds. The first-order valence-corrected chi connectivity index (χ1v) is 13.3. The normalized spacial score (nSPS) is 16.1. The monoisotopic (exact) mass is 598 g/mol. The SMILES string of the molecule is COc1ccc(NC(=O)C2=C(N)C(C(=O)Nc3ccccc3Br)SC2=Nc2ccc(C)cc2C)cc1Cl. The van der Waals surface area contributed by atoms with E-state index in [1.165, 1.54) is 7.11 Å². The lowest BCUT2D eigenvalue weighted by atomic mass is 10.1. The van der Waals surface area contributed by atoms with Gasteiger partial charge in [0.05, 0.1) is 29.1 Å². The van der Waals surface area contributed by atoms with E-state index in [-0.39, 0.29) is 17.2 Å². The fraction of sp³-hybridized carbons (Fsp3) is 0.148. The molecule has 7 nitrogen and oxygen atoms in total. The van der Waals surface area contributed by atoms with Gasteiger partial charge in [-0.15, -0.1) is 0 Å². The van der Waals surface area contributed by atoms with Crippen molar-refractivity contribution in [2.24, 2.45) is 10.7 Å². The van der Waals surface area contributed by atoms with Crippen LogP contribution < -0.4 is 21.1 Å². The number of carbonyl (C=O) groups is 2. The Labute approximate surface area is 232 Å². The molecule has 1 aliphatic heterocycles. The minimum absolute atomic E-state index is 0.121. The van der Waals surface area contributed by atoms with Crippen molar-refractivity contribution in [3.05, 3.63) is 92.6 Å². The van der Waals surface area contributed by atoms with Crippen molar-refractivity contribution in [1.82, 2.24) is 0 Å². The minimum atomic E-state index is -0.850. The van der Waals surface area contributed by atoms with Gasteiger partial charge in [0.25, 0.3) is 5.91 Å². The third-order valence-corrected chi connectivity index (χ3v) is 7.80. The van der Waals surface area contributed by atoms with Crippen molar-refractivity contribution in [3.63, 3.8) is 0 Å². The van der Waals surface area contributed by atoms with Crippen LogP contribution in [0, 0.1) is 13.8 Å². The highest BCUT2D eigenvalue weighted by molar-refractivity contribution is 9.10. The zero-order chi connectivity index (χ0) is 26.7. The quantitative estimate of drug-likeness (QED) is 0.306. The van der Waals surface area contributed by atoms with Crippen molar-refractivity contribution < 1.29 is 14.3 Å². The van der Waals surface area contributed by atoms with Crippen molar-refractivity contribution in [2.45, 2.75) is 19.1 Å². The number of benzene rings is 3. The Kier molecular flexibility index (Phi) is 8.26. The van der Waals surface area contributed by atoms with Crippen LogP contribution in [0.4, 0.5) is 17.1 Å². The van der Waals surface area contributed by atoms with Gasteiger partial charge in [-0.1, -0.05) is 53.2 Å². The van der Waals surface area contributed by atoms with Crippen molar-refractivity contribution in [1.29, 1.82) is 0 Å². The van der Waals surface area contributed by atoms with Gasteiger partial charge in [-0.25, -0.2) is 4.99 Å². The van der Waals surface area contributed by atoms with E-state index >= 15 is 0 Å². The number of para-hydroxylation sites is 1. The Morgan fingerprint density at radius 3 is 2.51 bits per heavy atom. The number of thioether (sulfide) groups is 1. The largest absolute Gasteiger partial charge is 0.495 e. The molecule has 190 valence electrons. The van der Waals surface area contributed by atoms with Gasteiger partial charge >= 0.3 is 0 Å². The summed E-state index contributed by atoms with van der Waals surface area (Å²) in [6.45, 7) is 3.93. The Morgan fingerprint density at radius 1 is 1.08 bits per heavy atom. The molecule has 4 rings (SSSR count). The van der Waals surface area contributed by atoms with Crippen LogP contribution in [0.1, 0.15) is 11.1 Å². The number of aryl methyl sites for hydroxylation is 2. The standard InChI is InChI=1S/C27H24BrClN4O3S/c1-14-8-10-19(15(2)12-14)33-27-22(25(34)31-16-9-11-21(36-3)18(29)13-16)23(30)24(37-27)26(35)32-20-7-5-4-6-17(20)28/h4-13,24H,30H2,1-3H3,(H,31,34)(H,32,35). The minimum Gasteiger partial charge on any atom is -0.495 e. The summed E-state index contributed by atoms with van der Waals surface area (Å²) in [5.74, 6) is -0.375. The third kappa shape index (κ3) is 6.01. The summed E-state index contributed by atoms with van der Waals surface area (Å²) in [4.78, 5) is 31.4. The molecule has 0 radical (unpaired) electrons. The number of ether oxygens (including phenoxy) is 1. The van der Waals surface area contributed by atoms with E-state index in [4.69, 9.17) is 27.1 Å². The number of hydrogen-bond acceptors (Lipinski definition) is 6. The molecule has 1 atom stereocenters. The van der Waals surface area contributed by atoms with Gasteiger partial charge in [0.2, 0.25) is 5.91 Å². The molecule has 0 saturated heterocycles. The molecule has 0 fully saturated rings. The molecular formula is C27H24BrClN4O3S. The summed E-state index contributed by atoms with van der Waals surface area (Å²) in [5, 5.41) is 5.54. The molecule has 3 aromatic carbocycles. The van der Waals surface area contributed by atoms with Crippen LogP contribution in [-0.4, -0.2) is 29.2 Å². The Hall–Kier alpha value is -3.27. The molecule has 1 aliphatic rings. The van der Waals surface area contributed by atoms with Crippen LogP contribution in [0.15, 0.2) is 81.4 Å². The maximum absolute atomic E-state index is 13.5. The van der Waals surface area contributed by atoms with Gasteiger partial charge in [-0.3, -0.25) is 9.59 Å². The van der Waals surface area contributed by atoms with E-state index in [1.54, 1.807) is 24.3 Å². The summed E-state index contributed by atoms with van der Waals surface area (Å²) in [7, 11) is 1.51. The number of nitrogens with zero attached hydrogens (tertiary/aromatic N) is 1. The number of nitrogens with one attached hydrogen (secondary N) is 2. The van der Waals surface area contributed by atoms with Crippen LogP contribution in [0.3, 0.4) is 0 Å². The molecule has 1 unspecified atom stereocenters. The first-order chi connectivity index (χ1) is 17.7. The van der Waals surface area contributed by atoms with Crippen LogP contribution in [-0.2, 0) is 9.59 Å². The zero-order valence-electron chi connectivity index (χ0n) is 20.3. The van der Waals surface area contributed by atoms with Gasteiger partial charge in [0, 0.05) is 15.9 Å². The average Bonchev–Trinajstić information content (AvgIpc) is 3.18. The molecule has 1 heterocycles. The number of halogens is 2. The van der Waals surface area contributed by atoms with E-state index in [0.717, 1.165) is 27.4 Å². The number of methoxy groups -OCH3 is 1. The zero-order valence-corrected chi connectivity index (χ0v) is 23.4. The second-order valence-corrected chi connectivity index (χ2v) is 10.7. The maximum Gasteiger partial charge on any atom is 0.260 e. The maximum atomic E-state index is 13.5. The number of amides is 2. The van der Waals surface area contributed by atoms with Crippen LogP contribution in [0.25, 0.3) is 0 Å². The molecule has 37 heavy (non-hydrogen) atoms. The molecule has 10 heteroatoms. The smallest absolute Gasteiger partial charge is 0.260 e. The lowest BCUT2D eigenvalue weighted by molar-refractivity contribution is -0.115. The van der Waals surface area contributed by atoms with Crippen molar-refractivity contribution in [2.75, 3.05) is 17.7 Å². The number of carbonyl (C=O) groups excluding carboxylic acids is 2. The summed E-state index contributed by atoms with van der Waals surface area (Å²) in [6, 6.07) is 18.0. The van der Waals surface area contributed by atoms with Crippen LogP contribution in [0.2, 0.25) is 5.02 Å². The average molecular weight is 600 g/mol. The summed E-state index contributed by atoms with van der Waals surface area (Å²) < 4.78 is 5.91. The number of nitrogens with two attached hydrogens (primary N) is 1. The molecule has 4 N–H and O–H groups in total. The van der Waals surface area contributed by atoms with Gasteiger partial charge in [0.1, 0.15) is 16.0 Å². The van der Waals surface area contributed by atoms with Crippen molar-refractivity contribution in [3.8, 4) is 5.75 Å². The van der Waals surface area contributed by atoms with Crippen molar-refractivity contribution >= 4 is 73.2 Å². The fourth-order valence-electron chi connectivity index (χ4n) is 3.73. The Bertz CT molecular complexity index is 1460. The van der Waals surface area contributed by atoms with E-state index in [2.05, 4.69) is 26.6 Å². The highest BCUT2D eigenvalue weighted by Crippen LogP contribution is 2.37. The van der Waals surface area contributed by atoms with Gasteiger partial charge < -0.3 is 21.1 Å². The summed E-state index contributed by atoms with van der Waals surface area (Å²) in [5.41, 5.74) is 10.5. The number of rotatable bonds is 6. The fourth-order valence-corrected chi connectivity index (χ4v) is 5.49. The van der Waals surface area contributed by atoms with E-state index < -0.39 is 11.2 Å². The van der Waals surface area contributed by atoms with Gasteiger partial charge in [-0.2, -0.15) is 0 Å². The Balaban J connectivity index is 1.70. The highest BCUT2D eigenvalue weighted by Gasteiger charge is 2.38. The predicted molar refractivity (Wildman–Crippen MR) is 155 cm³/mol. The first-order valence-electron chi connectivity index (χ1n) is 11.2. The highest BCUT2D eigenvalue weighted by atomic mass is 79.9. The van der Waals surface area contributed by atoms with E-state index in [0.29, 0.717) is 32.9 Å². The molecule has 0 aromatic heterocycles. The molecule has 3 aromatic rings. The molecule has 0 saturated carbocycles. The second-order valence-electron chi connectivity index (χ2n) is 8.31. The summed E-state index contributed by atoms with van der Waals surface area (Å²) >= 11 is 10.8. The second kappa shape index (κ2) is 11.4. The lowest BCUT2D eigenvalue weighted by Crippen LogP contribution is -2.29. The van der Waals surface area contributed by atoms with E-state index in [1.807, 2.05) is 50.2 Å². The van der Waals surface area contributed by atoms with Gasteiger partial charge in [-0.05, 0) is 71.7 Å². The molecule has 0 bridgehead atoms. The third-order valence-electron chi connectivity index (χ3n) is 5.60. The lowest BCUT2D eigenvalue weighted by Gasteiger charge is -2.12. The molecule has 0 spiro atoms. The first kappa shape index (κ1) is 26.8. The summed E-state index contributed by atoms with van der Waals surface area (Å²) in [6.07, 6.45) is 0. The number of anilines is 2. The Morgan fingerprint density at radius 2 is 1.84 bits per heavy atom. The predicted octanol–water partition coefficient (Wildman–Crippen LogP) is 6.36. The molecular weight excluding hydrogens is 576 g/mol. The molecule has 0 aliphatic carbocycles. The van der Waals surface area contributed by atoms with E-state index in [9.17, 15) is 9.59 Å². The number of hydrogen-bond donors (Lipinski definition) is 3. The number of aliphatic imine (C=N–C) groups is 1. The van der Waals surface area contributed by atoms with Crippen LogP contribution >= 0.6 is 39.3 Å².